The number of hydrogen-bond acceptors (Lipinski definition) is 2. The van der Waals surface area contributed by atoms with Gasteiger partial charge in [-0.1, -0.05) is 30.3 Å². The predicted octanol–water partition coefficient (Wildman–Crippen LogP) is 3.17. The second-order valence-electron chi connectivity index (χ2n) is 3.92. The van der Waals surface area contributed by atoms with E-state index in [-0.39, 0.29) is 0 Å². The molecule has 0 aliphatic rings. The van der Waals surface area contributed by atoms with Crippen molar-refractivity contribution >= 4 is 0 Å². The summed E-state index contributed by atoms with van der Waals surface area (Å²) in [4.78, 5) is 0. The van der Waals surface area contributed by atoms with Gasteiger partial charge in [0.05, 0.1) is 12.5 Å². The molecule has 2 aromatic rings. The van der Waals surface area contributed by atoms with Crippen LogP contribution in [0.25, 0.3) is 0 Å². The quantitative estimate of drug-likeness (QED) is 0.828. The van der Waals surface area contributed by atoms with Crippen LogP contribution in [0.4, 0.5) is 0 Å². The van der Waals surface area contributed by atoms with E-state index < -0.39 is 0 Å². The lowest BCUT2D eigenvalue weighted by molar-refractivity contribution is 0.524. The van der Waals surface area contributed by atoms with Crippen molar-refractivity contribution in [1.82, 2.24) is 5.32 Å². The molecule has 0 fully saturated rings. The van der Waals surface area contributed by atoms with Crippen LogP contribution in [-0.4, -0.2) is 7.05 Å². The van der Waals surface area contributed by atoms with Gasteiger partial charge in [0.2, 0.25) is 0 Å². The second kappa shape index (κ2) is 5.52. The molecule has 1 aromatic carbocycles. The van der Waals surface area contributed by atoms with Crippen LogP contribution in [0.2, 0.25) is 0 Å². The Morgan fingerprint density at radius 1 is 1.19 bits per heavy atom. The number of aryl methyl sites for hydroxylation is 1. The van der Waals surface area contributed by atoms with E-state index >= 15 is 0 Å². The predicted molar refractivity (Wildman–Crippen MR) is 65.3 cm³/mol. The molecule has 0 spiro atoms. The number of nitrogens with one attached hydrogen (secondary N) is 1. The van der Waals surface area contributed by atoms with Crippen LogP contribution < -0.4 is 5.32 Å². The van der Waals surface area contributed by atoms with Crippen LogP contribution in [0, 0.1) is 0 Å². The Morgan fingerprint density at radius 3 is 2.62 bits per heavy atom. The summed E-state index contributed by atoms with van der Waals surface area (Å²) in [6.45, 7) is 0. The van der Waals surface area contributed by atoms with Crippen LogP contribution in [0.1, 0.15) is 23.6 Å². The third kappa shape index (κ3) is 2.74. The van der Waals surface area contributed by atoms with E-state index in [2.05, 4.69) is 35.6 Å². The van der Waals surface area contributed by atoms with Gasteiger partial charge in [0.15, 0.2) is 0 Å². The van der Waals surface area contributed by atoms with E-state index in [1.807, 2.05) is 19.4 Å². The summed E-state index contributed by atoms with van der Waals surface area (Å²) in [6, 6.07) is 13.0. The fourth-order valence-electron chi connectivity index (χ4n) is 1.91. The topological polar surface area (TPSA) is 25.2 Å². The van der Waals surface area contributed by atoms with Gasteiger partial charge in [-0.2, -0.15) is 0 Å². The van der Waals surface area contributed by atoms with Gasteiger partial charge in [0.1, 0.15) is 0 Å². The maximum Gasteiger partial charge on any atom is 0.0950 e. The molecule has 1 N–H and O–H groups in total. The van der Waals surface area contributed by atoms with Gasteiger partial charge in [0, 0.05) is 11.6 Å². The van der Waals surface area contributed by atoms with Crippen LogP contribution >= 0.6 is 0 Å². The second-order valence-corrected chi connectivity index (χ2v) is 3.92. The Morgan fingerprint density at radius 2 is 2.00 bits per heavy atom. The van der Waals surface area contributed by atoms with Gasteiger partial charge in [-0.3, -0.25) is 0 Å². The molecule has 0 saturated carbocycles. The lowest BCUT2D eigenvalue weighted by atomic mass is 10.0. The summed E-state index contributed by atoms with van der Waals surface area (Å²) in [5.74, 6) is 0. The molecule has 0 radical (unpaired) electrons. The van der Waals surface area contributed by atoms with Crippen LogP contribution in [-0.2, 0) is 6.42 Å². The minimum atomic E-state index is 0.374. The SMILES string of the molecule is CNC(CCc1ccccc1)c1ccoc1. The zero-order valence-electron chi connectivity index (χ0n) is 9.52. The van der Waals surface area contributed by atoms with Crippen molar-refractivity contribution in [3.05, 3.63) is 60.1 Å². The Hall–Kier alpha value is -1.54. The Bertz CT molecular complexity index is 394. The van der Waals surface area contributed by atoms with Crippen LogP contribution in [0.5, 0.6) is 0 Å². The molecule has 0 bridgehead atoms. The van der Waals surface area contributed by atoms with Crippen molar-refractivity contribution in [1.29, 1.82) is 0 Å². The molecule has 0 aliphatic heterocycles. The monoisotopic (exact) mass is 215 g/mol. The molecule has 2 rings (SSSR count). The molecule has 2 heteroatoms. The van der Waals surface area contributed by atoms with Crippen molar-refractivity contribution in [3.8, 4) is 0 Å². The fraction of sp³-hybridized carbons (Fsp3) is 0.286. The van der Waals surface area contributed by atoms with E-state index in [0.29, 0.717) is 6.04 Å². The number of rotatable bonds is 5. The number of benzene rings is 1. The van der Waals surface area contributed by atoms with Crippen LogP contribution in [0.3, 0.4) is 0 Å². The molecule has 1 heterocycles. The molecule has 0 saturated heterocycles. The Kier molecular flexibility index (Phi) is 3.78. The first-order chi connectivity index (χ1) is 7.90. The van der Waals surface area contributed by atoms with Crippen molar-refractivity contribution < 1.29 is 4.42 Å². The van der Waals surface area contributed by atoms with E-state index in [1.54, 1.807) is 6.26 Å². The smallest absolute Gasteiger partial charge is 0.0950 e. The molecule has 1 unspecified atom stereocenters. The van der Waals surface area contributed by atoms with Crippen molar-refractivity contribution in [3.63, 3.8) is 0 Å². The summed E-state index contributed by atoms with van der Waals surface area (Å²) in [5.41, 5.74) is 2.60. The third-order valence-electron chi connectivity index (χ3n) is 2.86. The van der Waals surface area contributed by atoms with E-state index in [9.17, 15) is 0 Å². The summed E-state index contributed by atoms with van der Waals surface area (Å²) < 4.78 is 5.11. The normalized spacial score (nSPS) is 12.6. The molecule has 0 amide bonds. The van der Waals surface area contributed by atoms with E-state index in [1.165, 1.54) is 11.1 Å². The van der Waals surface area contributed by atoms with Gasteiger partial charge >= 0.3 is 0 Å². The number of furan rings is 1. The number of hydrogen-bond donors (Lipinski definition) is 1. The van der Waals surface area contributed by atoms with Crippen LogP contribution in [0.15, 0.2) is 53.3 Å². The summed E-state index contributed by atoms with van der Waals surface area (Å²) in [7, 11) is 1.99. The summed E-state index contributed by atoms with van der Waals surface area (Å²) in [5, 5.41) is 3.31. The zero-order valence-corrected chi connectivity index (χ0v) is 9.52. The first-order valence-electron chi connectivity index (χ1n) is 5.63. The highest BCUT2D eigenvalue weighted by Gasteiger charge is 2.09. The van der Waals surface area contributed by atoms with Gasteiger partial charge in [-0.15, -0.1) is 0 Å². The lowest BCUT2D eigenvalue weighted by Gasteiger charge is -2.13. The maximum absolute atomic E-state index is 5.11. The maximum atomic E-state index is 5.11. The van der Waals surface area contributed by atoms with E-state index in [0.717, 1.165) is 12.8 Å². The van der Waals surface area contributed by atoms with E-state index in [4.69, 9.17) is 4.42 Å². The first-order valence-corrected chi connectivity index (χ1v) is 5.63. The van der Waals surface area contributed by atoms with Crippen molar-refractivity contribution in [2.45, 2.75) is 18.9 Å². The highest BCUT2D eigenvalue weighted by Crippen LogP contribution is 2.19. The average Bonchev–Trinajstić information content (AvgIpc) is 2.85. The molecule has 84 valence electrons. The molecule has 1 aromatic heterocycles. The highest BCUT2D eigenvalue weighted by molar-refractivity contribution is 5.17. The first kappa shape index (κ1) is 11.0. The molecular formula is C14H17NO. The summed E-state index contributed by atoms with van der Waals surface area (Å²) in [6.07, 6.45) is 5.70. The largest absolute Gasteiger partial charge is 0.472 e. The Balaban J connectivity index is 1.94. The zero-order chi connectivity index (χ0) is 11.2. The molecule has 2 nitrogen and oxygen atoms in total. The lowest BCUT2D eigenvalue weighted by Crippen LogP contribution is -2.16. The fourth-order valence-corrected chi connectivity index (χ4v) is 1.91. The van der Waals surface area contributed by atoms with Crippen molar-refractivity contribution in [2.24, 2.45) is 0 Å². The third-order valence-corrected chi connectivity index (χ3v) is 2.86. The van der Waals surface area contributed by atoms with Gasteiger partial charge in [-0.05, 0) is 31.5 Å². The van der Waals surface area contributed by atoms with Crippen molar-refractivity contribution in [2.75, 3.05) is 7.05 Å². The standard InChI is InChI=1S/C14H17NO/c1-15-14(13-9-10-16-11-13)8-7-12-5-3-2-4-6-12/h2-6,9-11,14-15H,7-8H2,1H3. The highest BCUT2D eigenvalue weighted by atomic mass is 16.3. The molecular weight excluding hydrogens is 198 g/mol. The Labute approximate surface area is 96.3 Å². The van der Waals surface area contributed by atoms with Gasteiger partial charge < -0.3 is 9.73 Å². The summed E-state index contributed by atoms with van der Waals surface area (Å²) >= 11 is 0. The molecule has 16 heavy (non-hydrogen) atoms. The van der Waals surface area contributed by atoms with Gasteiger partial charge in [-0.25, -0.2) is 0 Å². The molecule has 1 atom stereocenters. The average molecular weight is 215 g/mol. The minimum Gasteiger partial charge on any atom is -0.472 e. The van der Waals surface area contributed by atoms with Gasteiger partial charge in [0.25, 0.3) is 0 Å². The molecule has 0 aliphatic carbocycles. The minimum absolute atomic E-state index is 0.374.